The third-order valence-electron chi connectivity index (χ3n) is 3.62. The van der Waals surface area contributed by atoms with E-state index < -0.39 is 11.0 Å². The summed E-state index contributed by atoms with van der Waals surface area (Å²) in [5.74, 6) is -0.170. The van der Waals surface area contributed by atoms with Crippen LogP contribution in [-0.4, -0.2) is 33.6 Å². The van der Waals surface area contributed by atoms with Crippen LogP contribution in [0.2, 0.25) is 0 Å². The highest BCUT2D eigenvalue weighted by Gasteiger charge is 2.18. The third kappa shape index (κ3) is 4.61. The summed E-state index contributed by atoms with van der Waals surface area (Å²) in [5, 5.41) is 19.2. The first-order chi connectivity index (χ1) is 13.6. The van der Waals surface area contributed by atoms with Gasteiger partial charge in [-0.1, -0.05) is 30.3 Å². The Morgan fingerprint density at radius 1 is 1.36 bits per heavy atom. The fourth-order valence-electron chi connectivity index (χ4n) is 2.45. The van der Waals surface area contributed by atoms with Crippen molar-refractivity contribution in [3.63, 3.8) is 0 Å². The van der Waals surface area contributed by atoms with Crippen LogP contribution >= 0.6 is 0 Å². The van der Waals surface area contributed by atoms with Crippen LogP contribution in [0.3, 0.4) is 0 Å². The summed E-state index contributed by atoms with van der Waals surface area (Å²) in [6.45, 7) is 2.38. The summed E-state index contributed by atoms with van der Waals surface area (Å²) in [4.78, 5) is 21.6. The van der Waals surface area contributed by atoms with Crippen LogP contribution in [0.5, 0.6) is 0 Å². The molecule has 0 unspecified atom stereocenters. The monoisotopic (exact) mass is 383 g/mol. The van der Waals surface area contributed by atoms with Crippen LogP contribution in [-0.2, 0) is 11.3 Å². The minimum atomic E-state index is -0.689. The number of nitro groups is 1. The van der Waals surface area contributed by atoms with Gasteiger partial charge in [-0.3, -0.25) is 14.8 Å². The van der Waals surface area contributed by atoms with Gasteiger partial charge in [0.15, 0.2) is 5.76 Å². The fraction of sp³-hybridized carbons (Fsp3) is 0.167. The molecule has 3 rings (SSSR count). The zero-order valence-electron chi connectivity index (χ0n) is 14.9. The maximum atomic E-state index is 11.4. The Hall–Kier alpha value is -3.95. The molecular formula is C18H17N5O5. The number of hydrogen-bond acceptors (Lipinski definition) is 7. The number of ether oxygens (including phenoxy) is 1. The van der Waals surface area contributed by atoms with E-state index in [1.54, 1.807) is 17.8 Å². The van der Waals surface area contributed by atoms with Gasteiger partial charge in [0.1, 0.15) is 10.6 Å². The first-order valence-electron chi connectivity index (χ1n) is 8.38. The van der Waals surface area contributed by atoms with E-state index >= 15 is 0 Å². The molecule has 144 valence electrons. The molecule has 3 aromatic rings. The maximum absolute atomic E-state index is 11.4. The number of furan rings is 1. The Balaban J connectivity index is 1.89. The van der Waals surface area contributed by atoms with Gasteiger partial charge in [-0.25, -0.2) is 10.2 Å². The lowest BCUT2D eigenvalue weighted by atomic mass is 10.2. The molecule has 2 heterocycles. The quantitative estimate of drug-likeness (QED) is 0.379. The predicted molar refractivity (Wildman–Crippen MR) is 99.9 cm³/mol. The van der Waals surface area contributed by atoms with Crippen molar-refractivity contribution < 1.29 is 18.9 Å². The molecule has 0 aliphatic heterocycles. The van der Waals surface area contributed by atoms with E-state index in [0.717, 1.165) is 5.56 Å². The van der Waals surface area contributed by atoms with Gasteiger partial charge in [0.25, 0.3) is 0 Å². The Kier molecular flexibility index (Phi) is 5.80. The standard InChI is InChI=1S/C18H17N5O5/c1-2-27-18(24)20-19-10-14-12-22(11-13-6-4-3-5-7-13)21-17(14)15-8-9-16(28-15)23(25)26/h3-10,12H,2,11H2,1H3,(H,20,24). The van der Waals surface area contributed by atoms with E-state index in [9.17, 15) is 14.9 Å². The predicted octanol–water partition coefficient (Wildman–Crippen LogP) is 3.18. The normalized spacial score (nSPS) is 10.9. The van der Waals surface area contributed by atoms with Crippen LogP contribution in [0.4, 0.5) is 10.7 Å². The van der Waals surface area contributed by atoms with Gasteiger partial charge in [0.2, 0.25) is 0 Å². The molecule has 0 spiro atoms. The van der Waals surface area contributed by atoms with Crippen molar-refractivity contribution in [3.8, 4) is 11.5 Å². The van der Waals surface area contributed by atoms with Gasteiger partial charge < -0.3 is 9.15 Å². The highest BCUT2D eigenvalue weighted by Crippen LogP contribution is 2.27. The van der Waals surface area contributed by atoms with Crippen molar-refractivity contribution in [1.82, 2.24) is 15.2 Å². The lowest BCUT2D eigenvalue weighted by molar-refractivity contribution is -0.401. The number of carbonyl (C=O) groups is 1. The molecule has 1 N–H and O–H groups in total. The lowest BCUT2D eigenvalue weighted by Crippen LogP contribution is -2.18. The molecular weight excluding hydrogens is 366 g/mol. The number of hydrazone groups is 1. The second-order valence-corrected chi connectivity index (χ2v) is 5.60. The number of nitrogens with one attached hydrogen (secondary N) is 1. The molecule has 10 heteroatoms. The van der Waals surface area contributed by atoms with E-state index in [2.05, 4.69) is 15.6 Å². The van der Waals surface area contributed by atoms with E-state index in [0.29, 0.717) is 17.8 Å². The van der Waals surface area contributed by atoms with Crippen molar-refractivity contribution in [2.75, 3.05) is 6.61 Å². The number of carbonyl (C=O) groups excluding carboxylic acids is 1. The number of amides is 1. The summed E-state index contributed by atoms with van der Waals surface area (Å²) < 4.78 is 11.6. The fourth-order valence-corrected chi connectivity index (χ4v) is 2.45. The first kappa shape index (κ1) is 18.8. The highest BCUT2D eigenvalue weighted by atomic mass is 16.6. The maximum Gasteiger partial charge on any atom is 0.433 e. The largest absolute Gasteiger partial charge is 0.449 e. The number of benzene rings is 1. The number of nitrogens with zero attached hydrogens (tertiary/aromatic N) is 4. The molecule has 0 saturated carbocycles. The summed E-state index contributed by atoms with van der Waals surface area (Å²) in [5.41, 5.74) is 4.12. The molecule has 0 bridgehead atoms. The van der Waals surface area contributed by atoms with Crippen LogP contribution in [0.1, 0.15) is 18.1 Å². The minimum Gasteiger partial charge on any atom is -0.449 e. The van der Waals surface area contributed by atoms with Gasteiger partial charge in [0, 0.05) is 11.8 Å². The van der Waals surface area contributed by atoms with Gasteiger partial charge >= 0.3 is 12.0 Å². The van der Waals surface area contributed by atoms with Crippen LogP contribution in [0.15, 0.2) is 58.2 Å². The van der Waals surface area contributed by atoms with Crippen LogP contribution < -0.4 is 5.43 Å². The van der Waals surface area contributed by atoms with Crippen molar-refractivity contribution in [2.45, 2.75) is 13.5 Å². The van der Waals surface area contributed by atoms with Crippen LogP contribution in [0.25, 0.3) is 11.5 Å². The number of hydrogen-bond donors (Lipinski definition) is 1. The first-order valence-corrected chi connectivity index (χ1v) is 8.38. The molecule has 2 aromatic heterocycles. The zero-order chi connectivity index (χ0) is 19.9. The third-order valence-corrected chi connectivity index (χ3v) is 3.62. The molecule has 28 heavy (non-hydrogen) atoms. The molecule has 0 saturated heterocycles. The average molecular weight is 383 g/mol. The van der Waals surface area contributed by atoms with Crippen LogP contribution in [0, 0.1) is 10.1 Å². The molecule has 10 nitrogen and oxygen atoms in total. The Labute approximate surface area is 159 Å². The minimum absolute atomic E-state index is 0.219. The van der Waals surface area contributed by atoms with Crippen molar-refractivity contribution in [2.24, 2.45) is 5.10 Å². The van der Waals surface area contributed by atoms with Gasteiger partial charge in [-0.15, -0.1) is 0 Å². The molecule has 0 radical (unpaired) electrons. The van der Waals surface area contributed by atoms with Crippen molar-refractivity contribution in [1.29, 1.82) is 0 Å². The summed E-state index contributed by atoms with van der Waals surface area (Å²) in [7, 11) is 0. The van der Waals surface area contributed by atoms with E-state index in [1.165, 1.54) is 18.3 Å². The van der Waals surface area contributed by atoms with Crippen molar-refractivity contribution >= 4 is 18.2 Å². The Bertz CT molecular complexity index is 993. The zero-order valence-corrected chi connectivity index (χ0v) is 14.9. The molecule has 0 fully saturated rings. The van der Waals surface area contributed by atoms with E-state index in [1.807, 2.05) is 30.3 Å². The summed E-state index contributed by atoms with van der Waals surface area (Å²) >= 11 is 0. The average Bonchev–Trinajstić information content (AvgIpc) is 3.30. The van der Waals surface area contributed by atoms with Crippen molar-refractivity contribution in [3.05, 3.63) is 69.9 Å². The molecule has 1 aromatic carbocycles. The van der Waals surface area contributed by atoms with E-state index in [4.69, 9.17) is 9.15 Å². The smallest absolute Gasteiger partial charge is 0.433 e. The van der Waals surface area contributed by atoms with Gasteiger partial charge in [-0.2, -0.15) is 10.2 Å². The Morgan fingerprint density at radius 2 is 2.14 bits per heavy atom. The molecule has 0 aliphatic rings. The second-order valence-electron chi connectivity index (χ2n) is 5.60. The highest BCUT2D eigenvalue weighted by molar-refractivity contribution is 5.88. The van der Waals surface area contributed by atoms with Gasteiger partial charge in [0.05, 0.1) is 25.4 Å². The number of rotatable bonds is 7. The SMILES string of the molecule is CCOC(=O)NN=Cc1cn(Cc2ccccc2)nc1-c1ccc([N+](=O)[O-])o1. The van der Waals surface area contributed by atoms with E-state index in [-0.39, 0.29) is 18.3 Å². The molecule has 0 atom stereocenters. The lowest BCUT2D eigenvalue weighted by Gasteiger charge is -2.00. The topological polar surface area (TPSA) is 125 Å². The van der Waals surface area contributed by atoms with Gasteiger partial charge in [-0.05, 0) is 18.6 Å². The molecule has 1 amide bonds. The Morgan fingerprint density at radius 3 is 2.82 bits per heavy atom. The summed E-state index contributed by atoms with van der Waals surface area (Å²) in [6.07, 6.45) is 2.38. The number of aromatic nitrogens is 2. The summed E-state index contributed by atoms with van der Waals surface area (Å²) in [6, 6.07) is 12.4. The second kappa shape index (κ2) is 8.62. The molecule has 0 aliphatic carbocycles.